The molecule has 0 aliphatic rings. The lowest BCUT2D eigenvalue weighted by Gasteiger charge is -1.99. The number of rotatable bonds is 1. The number of benzene rings is 1. The van der Waals surface area contributed by atoms with E-state index in [1.807, 2.05) is 41.0 Å². The van der Waals surface area contributed by atoms with Crippen LogP contribution in [-0.2, 0) is 0 Å². The molecule has 0 fully saturated rings. The Balaban J connectivity index is 1.87. The molecule has 3 heterocycles. The summed E-state index contributed by atoms with van der Waals surface area (Å²) in [5, 5.41) is 2.02. The van der Waals surface area contributed by atoms with Crippen LogP contribution in [-0.4, -0.2) is 24.8 Å². The Morgan fingerprint density at radius 3 is 3.00 bits per heavy atom. The Bertz CT molecular complexity index is 946. The van der Waals surface area contributed by atoms with Crippen LogP contribution < -0.4 is 0 Å². The summed E-state index contributed by atoms with van der Waals surface area (Å²) in [6, 6.07) is 7.56. The Morgan fingerprint density at radius 2 is 2.15 bits per heavy atom. The van der Waals surface area contributed by atoms with Crippen LogP contribution >= 0.6 is 11.3 Å². The summed E-state index contributed by atoms with van der Waals surface area (Å²) in [6.45, 7) is 1.99. The predicted molar refractivity (Wildman–Crippen MR) is 77.3 cm³/mol. The van der Waals surface area contributed by atoms with E-state index in [0.717, 1.165) is 21.7 Å². The monoisotopic (exact) mass is 282 g/mol. The highest BCUT2D eigenvalue weighted by Crippen LogP contribution is 2.18. The molecule has 0 aliphatic heterocycles. The van der Waals surface area contributed by atoms with Crippen LogP contribution in [0.5, 0.6) is 0 Å². The zero-order chi connectivity index (χ0) is 13.7. The molecular weight excluding hydrogens is 272 g/mol. The lowest BCUT2D eigenvalue weighted by atomic mass is 10.3. The van der Waals surface area contributed by atoms with E-state index in [1.165, 1.54) is 15.9 Å². The minimum absolute atomic E-state index is 0.158. The number of carbonyl (C=O) groups is 1. The minimum Gasteiger partial charge on any atom is -0.294 e. The van der Waals surface area contributed by atoms with Gasteiger partial charge in [-0.2, -0.15) is 0 Å². The van der Waals surface area contributed by atoms with Crippen molar-refractivity contribution in [1.29, 1.82) is 0 Å². The molecule has 0 amide bonds. The number of hydrogen-bond acceptors (Lipinski definition) is 4. The van der Waals surface area contributed by atoms with Gasteiger partial charge >= 0.3 is 0 Å². The molecule has 5 nitrogen and oxygen atoms in total. The fourth-order valence-corrected chi connectivity index (χ4v) is 3.09. The molecule has 0 radical (unpaired) electrons. The van der Waals surface area contributed by atoms with Crippen molar-refractivity contribution in [3.63, 3.8) is 0 Å². The molecule has 0 atom stereocenters. The molecule has 0 saturated heterocycles. The summed E-state index contributed by atoms with van der Waals surface area (Å²) in [5.74, 6) is -0.158. The molecule has 4 aromatic rings. The van der Waals surface area contributed by atoms with E-state index in [1.54, 1.807) is 12.5 Å². The summed E-state index contributed by atoms with van der Waals surface area (Å²) in [4.78, 5) is 22.0. The van der Waals surface area contributed by atoms with Gasteiger partial charge in [-0.1, -0.05) is 12.1 Å². The quantitative estimate of drug-likeness (QED) is 0.539. The van der Waals surface area contributed by atoms with Gasteiger partial charge in [0.25, 0.3) is 5.91 Å². The van der Waals surface area contributed by atoms with Gasteiger partial charge in [-0.05, 0) is 19.1 Å². The maximum absolute atomic E-state index is 12.6. The van der Waals surface area contributed by atoms with Crippen molar-refractivity contribution in [3.8, 4) is 0 Å². The van der Waals surface area contributed by atoms with Crippen molar-refractivity contribution >= 4 is 33.2 Å². The van der Waals surface area contributed by atoms with Gasteiger partial charge in [0, 0.05) is 17.3 Å². The van der Waals surface area contributed by atoms with Gasteiger partial charge in [-0.25, -0.2) is 9.97 Å². The van der Waals surface area contributed by atoms with E-state index in [2.05, 4.69) is 9.97 Å². The first-order valence-corrected chi connectivity index (χ1v) is 7.02. The summed E-state index contributed by atoms with van der Waals surface area (Å²) >= 11 is 1.53. The number of imidazole rings is 2. The van der Waals surface area contributed by atoms with E-state index in [-0.39, 0.29) is 5.91 Å². The highest BCUT2D eigenvalue weighted by molar-refractivity contribution is 7.15. The second-order valence-electron chi connectivity index (χ2n) is 4.56. The predicted octanol–water partition coefficient (Wildman–Crippen LogP) is 2.74. The van der Waals surface area contributed by atoms with Crippen molar-refractivity contribution in [3.05, 3.63) is 53.6 Å². The van der Waals surface area contributed by atoms with Crippen molar-refractivity contribution in [2.45, 2.75) is 6.92 Å². The second kappa shape index (κ2) is 4.01. The van der Waals surface area contributed by atoms with Gasteiger partial charge in [-0.3, -0.25) is 13.8 Å². The van der Waals surface area contributed by atoms with Gasteiger partial charge in [0.1, 0.15) is 12.0 Å². The van der Waals surface area contributed by atoms with Crippen molar-refractivity contribution in [2.75, 3.05) is 0 Å². The third kappa shape index (κ3) is 1.51. The third-order valence-corrected chi connectivity index (χ3v) is 4.24. The first-order valence-electron chi connectivity index (χ1n) is 6.14. The van der Waals surface area contributed by atoms with Gasteiger partial charge in [0.2, 0.25) is 0 Å². The first kappa shape index (κ1) is 11.4. The number of hydrogen-bond donors (Lipinski definition) is 0. The van der Waals surface area contributed by atoms with Crippen molar-refractivity contribution in [1.82, 2.24) is 18.9 Å². The summed E-state index contributed by atoms with van der Waals surface area (Å²) in [5.41, 5.74) is 3.11. The van der Waals surface area contributed by atoms with E-state index in [0.29, 0.717) is 5.69 Å². The van der Waals surface area contributed by atoms with E-state index >= 15 is 0 Å². The molecule has 1 aromatic carbocycles. The van der Waals surface area contributed by atoms with Crippen LogP contribution in [0, 0.1) is 6.92 Å². The fourth-order valence-electron chi connectivity index (χ4n) is 2.24. The minimum atomic E-state index is -0.158. The topological polar surface area (TPSA) is 52.2 Å². The van der Waals surface area contributed by atoms with E-state index in [4.69, 9.17) is 0 Å². The normalized spacial score (nSPS) is 11.4. The van der Waals surface area contributed by atoms with Crippen LogP contribution in [0.4, 0.5) is 0 Å². The number of aryl methyl sites for hydroxylation is 1. The van der Waals surface area contributed by atoms with E-state index < -0.39 is 0 Å². The number of para-hydroxylation sites is 2. The average molecular weight is 282 g/mol. The third-order valence-electron chi connectivity index (χ3n) is 3.28. The van der Waals surface area contributed by atoms with Crippen molar-refractivity contribution in [2.24, 2.45) is 0 Å². The molecule has 4 rings (SSSR count). The number of carbonyl (C=O) groups excluding carboxylic acids is 1. The highest BCUT2D eigenvalue weighted by atomic mass is 32.1. The molecule has 98 valence electrons. The molecule has 0 unspecified atom stereocenters. The van der Waals surface area contributed by atoms with Crippen LogP contribution in [0.2, 0.25) is 0 Å². The average Bonchev–Trinajstić information content (AvgIpc) is 3.14. The second-order valence-corrected chi connectivity index (χ2v) is 5.40. The summed E-state index contributed by atoms with van der Waals surface area (Å²) in [7, 11) is 0. The molecule has 6 heteroatoms. The maximum Gasteiger partial charge on any atom is 0.283 e. The maximum atomic E-state index is 12.6. The zero-order valence-corrected chi connectivity index (χ0v) is 11.5. The van der Waals surface area contributed by atoms with Crippen LogP contribution in [0.25, 0.3) is 16.0 Å². The summed E-state index contributed by atoms with van der Waals surface area (Å²) in [6.07, 6.45) is 3.32. The molecule has 20 heavy (non-hydrogen) atoms. The smallest absolute Gasteiger partial charge is 0.283 e. The Morgan fingerprint density at radius 1 is 1.30 bits per heavy atom. The summed E-state index contributed by atoms with van der Waals surface area (Å²) < 4.78 is 3.47. The molecule has 3 aromatic heterocycles. The molecule has 0 N–H and O–H groups in total. The molecular formula is C14H10N4OS. The van der Waals surface area contributed by atoms with Crippen LogP contribution in [0.15, 0.2) is 42.2 Å². The molecule has 0 aliphatic carbocycles. The van der Waals surface area contributed by atoms with Gasteiger partial charge in [0.15, 0.2) is 4.96 Å². The highest BCUT2D eigenvalue weighted by Gasteiger charge is 2.16. The zero-order valence-electron chi connectivity index (χ0n) is 10.6. The number of aromatic nitrogens is 4. The fraction of sp³-hybridized carbons (Fsp3) is 0.0714. The Hall–Kier alpha value is -2.47. The number of nitrogens with zero attached hydrogens (tertiary/aromatic N) is 4. The molecule has 0 spiro atoms. The standard InChI is InChI=1S/C14H10N4OS/c1-9-7-20-14-16-11(6-17(9)14)13(19)18-8-15-10-4-2-3-5-12(10)18/h2-8H,1H3. The lowest BCUT2D eigenvalue weighted by molar-refractivity contribution is 0.0960. The Labute approximate surface area is 118 Å². The number of fused-ring (bicyclic) bond motifs is 2. The Kier molecular flexibility index (Phi) is 2.28. The largest absolute Gasteiger partial charge is 0.294 e. The van der Waals surface area contributed by atoms with Crippen LogP contribution in [0.3, 0.4) is 0 Å². The molecule has 0 saturated carbocycles. The van der Waals surface area contributed by atoms with Gasteiger partial charge in [-0.15, -0.1) is 11.3 Å². The first-order chi connectivity index (χ1) is 9.74. The van der Waals surface area contributed by atoms with Gasteiger partial charge in [0.05, 0.1) is 11.0 Å². The van der Waals surface area contributed by atoms with Crippen LogP contribution in [0.1, 0.15) is 16.2 Å². The van der Waals surface area contributed by atoms with E-state index in [9.17, 15) is 4.79 Å². The van der Waals surface area contributed by atoms with Crippen molar-refractivity contribution < 1.29 is 4.79 Å². The SMILES string of the molecule is Cc1csc2nc(C(=O)n3cnc4ccccc43)cn12. The lowest BCUT2D eigenvalue weighted by Crippen LogP contribution is -2.11. The molecule has 0 bridgehead atoms. The van der Waals surface area contributed by atoms with Gasteiger partial charge < -0.3 is 0 Å². The number of thiazole rings is 1.